The van der Waals surface area contributed by atoms with Crippen LogP contribution in [0, 0.1) is 6.92 Å². The Balaban J connectivity index is 3.15. The van der Waals surface area contributed by atoms with E-state index in [1.165, 1.54) is 19.2 Å². The fourth-order valence-electron chi connectivity index (χ4n) is 1.53. The van der Waals surface area contributed by atoms with Crippen molar-refractivity contribution < 1.29 is 13.2 Å². The third-order valence-electron chi connectivity index (χ3n) is 3.02. The average molecular weight is 284 g/mol. The highest BCUT2D eigenvalue weighted by atomic mass is 32.2. The zero-order chi connectivity index (χ0) is 14.6. The number of amides is 1. The van der Waals surface area contributed by atoms with E-state index >= 15 is 0 Å². The number of rotatable bonds is 5. The topological polar surface area (TPSA) is 75.3 Å². The number of benzene rings is 1. The van der Waals surface area contributed by atoms with E-state index in [1.807, 2.05) is 13.8 Å². The highest BCUT2D eigenvalue weighted by Crippen LogP contribution is 2.15. The Morgan fingerprint density at radius 3 is 2.53 bits per heavy atom. The monoisotopic (exact) mass is 284 g/mol. The van der Waals surface area contributed by atoms with Crippen LogP contribution in [0.1, 0.15) is 36.2 Å². The van der Waals surface area contributed by atoms with Crippen LogP contribution in [0.4, 0.5) is 0 Å². The van der Waals surface area contributed by atoms with Gasteiger partial charge < -0.3 is 5.32 Å². The van der Waals surface area contributed by atoms with Crippen molar-refractivity contribution in [2.45, 2.75) is 38.1 Å². The fourth-order valence-corrected chi connectivity index (χ4v) is 2.29. The van der Waals surface area contributed by atoms with Gasteiger partial charge in [0, 0.05) is 11.6 Å². The van der Waals surface area contributed by atoms with E-state index in [4.69, 9.17) is 0 Å². The minimum atomic E-state index is -3.54. The van der Waals surface area contributed by atoms with Gasteiger partial charge in [0.15, 0.2) is 0 Å². The van der Waals surface area contributed by atoms with Gasteiger partial charge in [-0.3, -0.25) is 4.79 Å². The van der Waals surface area contributed by atoms with Crippen LogP contribution in [0.15, 0.2) is 23.1 Å². The Kier molecular flexibility index (Phi) is 5.08. The molecule has 1 aromatic rings. The van der Waals surface area contributed by atoms with E-state index in [1.54, 1.807) is 13.0 Å². The first kappa shape index (κ1) is 15.7. The van der Waals surface area contributed by atoms with Crippen molar-refractivity contribution in [1.29, 1.82) is 0 Å². The maximum absolute atomic E-state index is 12.1. The largest absolute Gasteiger partial charge is 0.350 e. The van der Waals surface area contributed by atoms with Gasteiger partial charge in [0.25, 0.3) is 5.91 Å². The Labute approximate surface area is 114 Å². The molecule has 0 spiro atoms. The maximum Gasteiger partial charge on any atom is 0.251 e. The number of nitrogens with one attached hydrogen (secondary N) is 2. The summed E-state index contributed by atoms with van der Waals surface area (Å²) in [5.41, 5.74) is 1.13. The van der Waals surface area contributed by atoms with E-state index < -0.39 is 10.0 Å². The Morgan fingerprint density at radius 1 is 1.37 bits per heavy atom. The second-order valence-corrected chi connectivity index (χ2v) is 6.35. The molecular formula is C13H20N2O3S. The summed E-state index contributed by atoms with van der Waals surface area (Å²) in [6, 6.07) is 4.58. The lowest BCUT2D eigenvalue weighted by molar-refractivity contribution is 0.0938. The van der Waals surface area contributed by atoms with E-state index in [-0.39, 0.29) is 16.8 Å². The molecule has 5 nitrogen and oxygen atoms in total. The highest BCUT2D eigenvalue weighted by Gasteiger charge is 2.17. The minimum Gasteiger partial charge on any atom is -0.350 e. The molecule has 0 unspecified atom stereocenters. The summed E-state index contributed by atoms with van der Waals surface area (Å²) in [5.74, 6) is -0.250. The first-order valence-electron chi connectivity index (χ1n) is 6.17. The molecule has 106 valence electrons. The molecule has 0 aliphatic heterocycles. The Morgan fingerprint density at radius 2 is 2.00 bits per heavy atom. The molecule has 0 aromatic heterocycles. The average Bonchev–Trinajstić information content (AvgIpc) is 2.38. The molecule has 1 aromatic carbocycles. The molecule has 19 heavy (non-hydrogen) atoms. The van der Waals surface area contributed by atoms with Gasteiger partial charge in [-0.15, -0.1) is 0 Å². The van der Waals surface area contributed by atoms with Crippen LogP contribution in [-0.4, -0.2) is 27.4 Å². The highest BCUT2D eigenvalue weighted by molar-refractivity contribution is 7.89. The van der Waals surface area contributed by atoms with Crippen LogP contribution >= 0.6 is 0 Å². The van der Waals surface area contributed by atoms with Crippen molar-refractivity contribution in [2.24, 2.45) is 0 Å². The predicted molar refractivity (Wildman–Crippen MR) is 74.6 cm³/mol. The summed E-state index contributed by atoms with van der Waals surface area (Å²) in [6.45, 7) is 5.66. The molecule has 0 aliphatic rings. The normalized spacial score (nSPS) is 13.1. The molecule has 1 atom stereocenters. The lowest BCUT2D eigenvalue weighted by atomic mass is 10.1. The smallest absolute Gasteiger partial charge is 0.251 e. The number of carbonyl (C=O) groups excluding carboxylic acids is 1. The fraction of sp³-hybridized carbons (Fsp3) is 0.462. The summed E-state index contributed by atoms with van der Waals surface area (Å²) in [7, 11) is -2.19. The van der Waals surface area contributed by atoms with E-state index in [0.29, 0.717) is 5.56 Å². The summed E-state index contributed by atoms with van der Waals surface area (Å²) < 4.78 is 25.7. The molecular weight excluding hydrogens is 264 g/mol. The number of hydrogen-bond donors (Lipinski definition) is 2. The van der Waals surface area contributed by atoms with Gasteiger partial charge in [0.1, 0.15) is 0 Å². The van der Waals surface area contributed by atoms with Crippen LogP contribution in [0.2, 0.25) is 0 Å². The first-order chi connectivity index (χ1) is 8.81. The van der Waals surface area contributed by atoms with E-state index in [9.17, 15) is 13.2 Å². The molecule has 2 N–H and O–H groups in total. The predicted octanol–water partition coefficient (Wildman–Crippen LogP) is 1.43. The quantitative estimate of drug-likeness (QED) is 0.859. The number of carbonyl (C=O) groups is 1. The lowest BCUT2D eigenvalue weighted by Gasteiger charge is -2.13. The van der Waals surface area contributed by atoms with Crippen molar-refractivity contribution in [3.63, 3.8) is 0 Å². The first-order valence-corrected chi connectivity index (χ1v) is 7.65. The summed E-state index contributed by atoms with van der Waals surface area (Å²) >= 11 is 0. The maximum atomic E-state index is 12.1. The van der Waals surface area contributed by atoms with Crippen LogP contribution in [0.5, 0.6) is 0 Å². The van der Waals surface area contributed by atoms with Gasteiger partial charge in [-0.2, -0.15) is 0 Å². The SMILES string of the molecule is CC[C@H](C)NC(=O)c1cc(S(=O)(=O)NC)ccc1C. The van der Waals surface area contributed by atoms with E-state index in [0.717, 1.165) is 12.0 Å². The molecule has 1 rings (SSSR count). The van der Waals surface area contributed by atoms with Crippen molar-refractivity contribution in [2.75, 3.05) is 7.05 Å². The molecule has 6 heteroatoms. The van der Waals surface area contributed by atoms with Gasteiger partial charge in [0.05, 0.1) is 4.90 Å². The molecule has 0 fully saturated rings. The zero-order valence-corrected chi connectivity index (χ0v) is 12.5. The van der Waals surface area contributed by atoms with Gasteiger partial charge in [-0.05, 0) is 45.0 Å². The summed E-state index contributed by atoms with van der Waals surface area (Å²) in [5, 5.41) is 2.83. The van der Waals surface area contributed by atoms with Crippen LogP contribution in [-0.2, 0) is 10.0 Å². The second kappa shape index (κ2) is 6.16. The molecule has 0 radical (unpaired) electrons. The number of sulfonamides is 1. The van der Waals surface area contributed by atoms with Gasteiger partial charge in [-0.1, -0.05) is 13.0 Å². The number of aryl methyl sites for hydroxylation is 1. The van der Waals surface area contributed by atoms with Crippen molar-refractivity contribution in [1.82, 2.24) is 10.0 Å². The summed E-state index contributed by atoms with van der Waals surface area (Å²) in [4.78, 5) is 12.2. The molecule has 0 bridgehead atoms. The minimum absolute atomic E-state index is 0.0523. The Hall–Kier alpha value is -1.40. The zero-order valence-electron chi connectivity index (χ0n) is 11.6. The summed E-state index contributed by atoms with van der Waals surface area (Å²) in [6.07, 6.45) is 0.819. The van der Waals surface area contributed by atoms with Gasteiger partial charge >= 0.3 is 0 Å². The third-order valence-corrected chi connectivity index (χ3v) is 4.43. The Bertz CT molecular complexity index is 567. The van der Waals surface area contributed by atoms with Crippen molar-refractivity contribution >= 4 is 15.9 Å². The van der Waals surface area contributed by atoms with E-state index in [2.05, 4.69) is 10.0 Å². The molecule has 0 heterocycles. The van der Waals surface area contributed by atoms with Crippen molar-refractivity contribution in [3.8, 4) is 0 Å². The standard InChI is InChI=1S/C13H20N2O3S/c1-5-10(3)15-13(16)12-8-11(7-6-9(12)2)19(17,18)14-4/h6-8,10,14H,5H2,1-4H3,(H,15,16)/t10-/m0/s1. The molecule has 0 saturated heterocycles. The third kappa shape index (κ3) is 3.78. The lowest BCUT2D eigenvalue weighted by Crippen LogP contribution is -2.32. The van der Waals surface area contributed by atoms with Crippen LogP contribution < -0.4 is 10.0 Å². The van der Waals surface area contributed by atoms with Gasteiger partial charge in [0.2, 0.25) is 10.0 Å². The van der Waals surface area contributed by atoms with Crippen LogP contribution in [0.3, 0.4) is 0 Å². The molecule has 0 saturated carbocycles. The second-order valence-electron chi connectivity index (χ2n) is 4.47. The van der Waals surface area contributed by atoms with Crippen molar-refractivity contribution in [3.05, 3.63) is 29.3 Å². The van der Waals surface area contributed by atoms with Crippen LogP contribution in [0.25, 0.3) is 0 Å². The molecule has 0 aliphatic carbocycles. The van der Waals surface area contributed by atoms with Gasteiger partial charge in [-0.25, -0.2) is 13.1 Å². The molecule has 1 amide bonds. The number of hydrogen-bond acceptors (Lipinski definition) is 3.